The predicted octanol–water partition coefficient (Wildman–Crippen LogP) is 3.68. The van der Waals surface area contributed by atoms with Crippen LogP contribution in [0, 0.1) is 17.3 Å². The van der Waals surface area contributed by atoms with E-state index in [0.717, 1.165) is 31.3 Å². The topological polar surface area (TPSA) is 40.5 Å². The number of halogens is 1. The highest BCUT2D eigenvalue weighted by Crippen LogP contribution is 2.59. The van der Waals surface area contributed by atoms with Crippen LogP contribution >= 0.6 is 0 Å². The number of hydrogen-bond acceptors (Lipinski definition) is 2. The number of hydrogen-bond donors (Lipinski definition) is 2. The standard InChI is InChI=1S/C19H27FO2/c1-17-8-2-3-16(17)19(22)10-7-13-4-5-15(21)12-18(13,20)11-14(19)6-9-17/h2,6,8,13,15-16,21-22H,3-5,7,9-12H2,1H3/t13?,15?,16?,17?,18?,19-/m1/s1. The summed E-state index contributed by atoms with van der Waals surface area (Å²) in [6.07, 6.45) is 11.2. The average molecular weight is 306 g/mol. The minimum atomic E-state index is -1.33. The minimum Gasteiger partial charge on any atom is -0.393 e. The van der Waals surface area contributed by atoms with Crippen molar-refractivity contribution < 1.29 is 14.6 Å². The SMILES string of the molecule is CC12C=CCC1[C@@]1(O)CCC3CCC(O)CC3(F)CC1=CC2. The molecule has 2 saturated carbocycles. The van der Waals surface area contributed by atoms with Crippen LogP contribution < -0.4 is 0 Å². The number of rotatable bonds is 0. The van der Waals surface area contributed by atoms with Gasteiger partial charge in [-0.15, -0.1) is 0 Å². The number of aliphatic hydroxyl groups is 2. The Bertz CT molecular complexity index is 542. The molecule has 2 fully saturated rings. The summed E-state index contributed by atoms with van der Waals surface area (Å²) >= 11 is 0. The summed E-state index contributed by atoms with van der Waals surface area (Å²) in [6, 6.07) is 0. The normalized spacial score (nSPS) is 54.0. The first-order valence-electron chi connectivity index (χ1n) is 8.82. The van der Waals surface area contributed by atoms with Crippen LogP contribution in [0.2, 0.25) is 0 Å². The van der Waals surface area contributed by atoms with Gasteiger partial charge in [0.15, 0.2) is 0 Å². The van der Waals surface area contributed by atoms with E-state index >= 15 is 4.39 Å². The van der Waals surface area contributed by atoms with E-state index < -0.39 is 17.4 Å². The first-order valence-corrected chi connectivity index (χ1v) is 8.82. The van der Waals surface area contributed by atoms with Crippen molar-refractivity contribution in [1.29, 1.82) is 0 Å². The fourth-order valence-electron chi connectivity index (χ4n) is 5.76. The zero-order valence-electron chi connectivity index (χ0n) is 13.4. The summed E-state index contributed by atoms with van der Waals surface area (Å²) in [5, 5.41) is 21.4. The molecule has 0 aliphatic heterocycles. The van der Waals surface area contributed by atoms with Crippen LogP contribution in [0.1, 0.15) is 58.3 Å². The van der Waals surface area contributed by atoms with Crippen LogP contribution in [-0.4, -0.2) is 27.6 Å². The van der Waals surface area contributed by atoms with E-state index in [1.165, 1.54) is 0 Å². The van der Waals surface area contributed by atoms with Gasteiger partial charge in [0.2, 0.25) is 0 Å². The molecule has 0 aromatic carbocycles. The van der Waals surface area contributed by atoms with Crippen LogP contribution in [0.3, 0.4) is 0 Å². The van der Waals surface area contributed by atoms with E-state index in [1.807, 2.05) is 0 Å². The zero-order valence-corrected chi connectivity index (χ0v) is 13.4. The minimum absolute atomic E-state index is 0.00737. The molecule has 0 radical (unpaired) electrons. The molecule has 2 nitrogen and oxygen atoms in total. The molecule has 5 unspecified atom stereocenters. The highest BCUT2D eigenvalue weighted by atomic mass is 19.1. The summed E-state index contributed by atoms with van der Waals surface area (Å²) in [7, 11) is 0. The van der Waals surface area contributed by atoms with Gasteiger partial charge in [-0.1, -0.05) is 25.2 Å². The van der Waals surface area contributed by atoms with Gasteiger partial charge >= 0.3 is 0 Å². The molecule has 22 heavy (non-hydrogen) atoms. The van der Waals surface area contributed by atoms with Crippen LogP contribution in [0.25, 0.3) is 0 Å². The fraction of sp³-hybridized carbons (Fsp3) is 0.789. The third-order valence-corrected chi connectivity index (χ3v) is 7.10. The highest BCUT2D eigenvalue weighted by molar-refractivity contribution is 5.33. The first-order chi connectivity index (χ1) is 10.4. The average Bonchev–Trinajstić information content (AvgIpc) is 2.80. The molecule has 0 aromatic heterocycles. The van der Waals surface area contributed by atoms with Gasteiger partial charge in [0.25, 0.3) is 0 Å². The van der Waals surface area contributed by atoms with Crippen molar-refractivity contribution in [2.75, 3.05) is 0 Å². The van der Waals surface area contributed by atoms with Crippen LogP contribution in [-0.2, 0) is 0 Å². The molecule has 4 aliphatic rings. The number of alkyl halides is 1. The van der Waals surface area contributed by atoms with Crippen LogP contribution in [0.15, 0.2) is 23.8 Å². The van der Waals surface area contributed by atoms with Gasteiger partial charge in [0.1, 0.15) is 5.67 Å². The van der Waals surface area contributed by atoms with Crippen molar-refractivity contribution in [2.45, 2.75) is 75.7 Å². The van der Waals surface area contributed by atoms with Gasteiger partial charge in [0, 0.05) is 18.8 Å². The smallest absolute Gasteiger partial charge is 0.120 e. The number of allylic oxidation sites excluding steroid dienone is 3. The van der Waals surface area contributed by atoms with Crippen molar-refractivity contribution in [3.05, 3.63) is 23.8 Å². The molecular formula is C19H27FO2. The molecular weight excluding hydrogens is 279 g/mol. The Hall–Kier alpha value is -0.670. The van der Waals surface area contributed by atoms with E-state index in [4.69, 9.17) is 0 Å². The first kappa shape index (κ1) is 14.9. The molecule has 0 saturated heterocycles. The maximum atomic E-state index is 15.6. The summed E-state index contributed by atoms with van der Waals surface area (Å²) in [5.41, 5.74) is -1.24. The fourth-order valence-corrected chi connectivity index (χ4v) is 5.76. The number of aliphatic hydroxyl groups excluding tert-OH is 1. The second kappa shape index (κ2) is 4.67. The van der Waals surface area contributed by atoms with Gasteiger partial charge in [-0.2, -0.15) is 0 Å². The van der Waals surface area contributed by atoms with Gasteiger partial charge < -0.3 is 10.2 Å². The van der Waals surface area contributed by atoms with Crippen LogP contribution in [0.4, 0.5) is 4.39 Å². The Morgan fingerprint density at radius 3 is 2.91 bits per heavy atom. The molecule has 0 bridgehead atoms. The summed E-state index contributed by atoms with van der Waals surface area (Å²) < 4.78 is 15.6. The predicted molar refractivity (Wildman–Crippen MR) is 84.0 cm³/mol. The Kier molecular flexibility index (Phi) is 3.16. The lowest BCUT2D eigenvalue weighted by Gasteiger charge is -2.48. The second-order valence-corrected chi connectivity index (χ2v) is 8.44. The van der Waals surface area contributed by atoms with Crippen molar-refractivity contribution in [3.8, 4) is 0 Å². The Morgan fingerprint density at radius 2 is 2.09 bits per heavy atom. The molecule has 3 heteroatoms. The molecule has 122 valence electrons. The van der Waals surface area contributed by atoms with Gasteiger partial charge in [-0.25, -0.2) is 4.39 Å². The molecule has 0 heterocycles. The lowest BCUT2D eigenvalue weighted by atomic mass is 9.60. The van der Waals surface area contributed by atoms with Crippen molar-refractivity contribution in [1.82, 2.24) is 0 Å². The highest BCUT2D eigenvalue weighted by Gasteiger charge is 2.57. The Labute approximate surface area is 132 Å². The van der Waals surface area contributed by atoms with E-state index in [9.17, 15) is 10.2 Å². The summed E-state index contributed by atoms with van der Waals surface area (Å²) in [6.45, 7) is 2.22. The lowest BCUT2D eigenvalue weighted by molar-refractivity contribution is -0.0382. The summed E-state index contributed by atoms with van der Waals surface area (Å²) in [5.74, 6) is 0.181. The Morgan fingerprint density at radius 1 is 1.27 bits per heavy atom. The summed E-state index contributed by atoms with van der Waals surface area (Å²) in [4.78, 5) is 0. The second-order valence-electron chi connectivity index (χ2n) is 8.44. The molecule has 0 spiro atoms. The van der Waals surface area contributed by atoms with E-state index in [0.29, 0.717) is 19.3 Å². The van der Waals surface area contributed by atoms with Crippen molar-refractivity contribution >= 4 is 0 Å². The van der Waals surface area contributed by atoms with E-state index in [-0.39, 0.29) is 23.7 Å². The van der Waals surface area contributed by atoms with Crippen LogP contribution in [0.5, 0.6) is 0 Å². The molecule has 0 amide bonds. The zero-order chi connectivity index (χ0) is 15.6. The Balaban J connectivity index is 1.71. The molecule has 4 rings (SSSR count). The molecule has 0 aromatic rings. The van der Waals surface area contributed by atoms with E-state index in [1.54, 1.807) is 0 Å². The van der Waals surface area contributed by atoms with Gasteiger partial charge in [-0.3, -0.25) is 0 Å². The third kappa shape index (κ3) is 1.98. The monoisotopic (exact) mass is 306 g/mol. The van der Waals surface area contributed by atoms with Crippen molar-refractivity contribution in [3.63, 3.8) is 0 Å². The quantitative estimate of drug-likeness (QED) is 0.670. The largest absolute Gasteiger partial charge is 0.393 e. The molecule has 2 N–H and O–H groups in total. The molecule has 4 aliphatic carbocycles. The third-order valence-electron chi connectivity index (χ3n) is 7.10. The number of fused-ring (bicyclic) bond motifs is 4. The van der Waals surface area contributed by atoms with Gasteiger partial charge in [0.05, 0.1) is 11.7 Å². The van der Waals surface area contributed by atoms with Crippen molar-refractivity contribution in [2.24, 2.45) is 17.3 Å². The van der Waals surface area contributed by atoms with E-state index in [2.05, 4.69) is 25.2 Å². The molecule has 6 atom stereocenters. The maximum absolute atomic E-state index is 15.6. The lowest BCUT2D eigenvalue weighted by Crippen LogP contribution is -2.48. The van der Waals surface area contributed by atoms with Gasteiger partial charge in [-0.05, 0) is 55.4 Å². The maximum Gasteiger partial charge on any atom is 0.120 e.